The van der Waals surface area contributed by atoms with Crippen LogP contribution in [0.3, 0.4) is 0 Å². The summed E-state index contributed by atoms with van der Waals surface area (Å²) in [6, 6.07) is 0. The molecule has 0 amide bonds. The number of carbonyl (C=O) groups excluding carboxylic acids is 1. The maximum absolute atomic E-state index is 11.1. The molecule has 5 heteroatoms. The number of rotatable bonds is 5. The number of esters is 1. The molecule has 84 valence electrons. The summed E-state index contributed by atoms with van der Waals surface area (Å²) in [7, 11) is 1.41. The van der Waals surface area contributed by atoms with E-state index in [2.05, 4.69) is 9.72 Å². The summed E-state index contributed by atoms with van der Waals surface area (Å²) < 4.78 is 9.71. The lowest BCUT2D eigenvalue weighted by Gasteiger charge is -2.07. The molecule has 0 fully saturated rings. The monoisotopic (exact) mass is 229 g/mol. The predicted molar refractivity (Wildman–Crippen MR) is 58.6 cm³/mol. The number of oxazole rings is 1. The molecular formula is C10H15NO3S. The number of thioether (sulfide) groups is 1. The van der Waals surface area contributed by atoms with E-state index in [0.717, 1.165) is 23.0 Å². The van der Waals surface area contributed by atoms with Crippen molar-refractivity contribution in [3.05, 3.63) is 17.8 Å². The second-order valence-electron chi connectivity index (χ2n) is 3.29. The Morgan fingerprint density at radius 2 is 2.47 bits per heavy atom. The smallest absolute Gasteiger partial charge is 0.309 e. The first-order valence-electron chi connectivity index (χ1n) is 4.69. The maximum atomic E-state index is 11.1. The maximum Gasteiger partial charge on any atom is 0.309 e. The van der Waals surface area contributed by atoms with E-state index in [9.17, 15) is 4.79 Å². The molecule has 0 bridgehead atoms. The molecule has 0 N–H and O–H groups in total. The van der Waals surface area contributed by atoms with Crippen molar-refractivity contribution < 1.29 is 13.9 Å². The van der Waals surface area contributed by atoms with Gasteiger partial charge in [-0.15, -0.1) is 0 Å². The first-order valence-corrected chi connectivity index (χ1v) is 5.85. The lowest BCUT2D eigenvalue weighted by atomic mass is 10.2. The van der Waals surface area contributed by atoms with Crippen molar-refractivity contribution in [2.75, 3.05) is 12.9 Å². The number of hydrogen-bond donors (Lipinski definition) is 0. The number of aryl methyl sites for hydroxylation is 1. The van der Waals surface area contributed by atoms with Crippen molar-refractivity contribution >= 4 is 17.7 Å². The number of nitrogens with zero attached hydrogens (tertiary/aromatic N) is 1. The standard InChI is InChI=1S/C10H15NO3S/c1-7(10(12)13-3)4-15-5-9-8(2)14-6-11-9/h6-7H,4-5H2,1-3H3. The van der Waals surface area contributed by atoms with E-state index in [-0.39, 0.29) is 11.9 Å². The van der Waals surface area contributed by atoms with E-state index in [1.807, 2.05) is 13.8 Å². The zero-order valence-electron chi connectivity index (χ0n) is 9.15. The van der Waals surface area contributed by atoms with E-state index in [0.29, 0.717) is 0 Å². The first kappa shape index (κ1) is 12.1. The molecule has 0 saturated carbocycles. The SMILES string of the molecule is COC(=O)C(C)CSCc1ncoc1C. The Kier molecular flexibility index (Phi) is 4.68. The summed E-state index contributed by atoms with van der Waals surface area (Å²) in [5.41, 5.74) is 0.942. The number of aromatic nitrogens is 1. The van der Waals surface area contributed by atoms with Gasteiger partial charge in [0.1, 0.15) is 5.76 Å². The van der Waals surface area contributed by atoms with Gasteiger partial charge in [0.05, 0.1) is 18.7 Å². The minimum atomic E-state index is -0.167. The molecule has 15 heavy (non-hydrogen) atoms. The number of ether oxygens (including phenoxy) is 1. The normalized spacial score (nSPS) is 12.5. The molecule has 0 aromatic carbocycles. The molecule has 4 nitrogen and oxygen atoms in total. The first-order chi connectivity index (χ1) is 7.15. The molecular weight excluding hydrogens is 214 g/mol. The Morgan fingerprint density at radius 3 is 3.00 bits per heavy atom. The number of methoxy groups -OCH3 is 1. The summed E-state index contributed by atoms with van der Waals surface area (Å²) in [5, 5.41) is 0. The van der Waals surface area contributed by atoms with Gasteiger partial charge in [0, 0.05) is 11.5 Å². The van der Waals surface area contributed by atoms with Crippen LogP contribution in [0.2, 0.25) is 0 Å². The Hall–Kier alpha value is -0.970. The molecule has 0 saturated heterocycles. The van der Waals surface area contributed by atoms with E-state index in [4.69, 9.17) is 4.42 Å². The molecule has 0 aliphatic carbocycles. The molecule has 0 aliphatic rings. The van der Waals surface area contributed by atoms with Gasteiger partial charge in [0.15, 0.2) is 6.39 Å². The van der Waals surface area contributed by atoms with Gasteiger partial charge in [-0.05, 0) is 6.92 Å². The van der Waals surface area contributed by atoms with Crippen LogP contribution in [0.5, 0.6) is 0 Å². The largest absolute Gasteiger partial charge is 0.469 e. The molecule has 0 spiro atoms. The van der Waals surface area contributed by atoms with Crippen LogP contribution in [0.1, 0.15) is 18.4 Å². The number of carbonyl (C=O) groups is 1. The quantitative estimate of drug-likeness (QED) is 0.723. The van der Waals surface area contributed by atoms with E-state index in [1.54, 1.807) is 11.8 Å². The Balaban J connectivity index is 2.28. The summed E-state index contributed by atoms with van der Waals surface area (Å²) in [6.45, 7) is 3.74. The molecule has 0 aliphatic heterocycles. The van der Waals surface area contributed by atoms with Crippen molar-refractivity contribution in [3.8, 4) is 0 Å². The van der Waals surface area contributed by atoms with Crippen molar-refractivity contribution in [3.63, 3.8) is 0 Å². The van der Waals surface area contributed by atoms with Crippen LogP contribution < -0.4 is 0 Å². The molecule has 0 radical (unpaired) electrons. The van der Waals surface area contributed by atoms with Crippen molar-refractivity contribution in [1.82, 2.24) is 4.98 Å². The van der Waals surface area contributed by atoms with Crippen LogP contribution in [0.15, 0.2) is 10.8 Å². The van der Waals surface area contributed by atoms with Gasteiger partial charge in [0.2, 0.25) is 0 Å². The molecule has 1 heterocycles. The van der Waals surface area contributed by atoms with Crippen LogP contribution in [0.4, 0.5) is 0 Å². The minimum Gasteiger partial charge on any atom is -0.469 e. The molecule has 1 aromatic heterocycles. The third-order valence-electron chi connectivity index (χ3n) is 2.05. The van der Waals surface area contributed by atoms with Gasteiger partial charge in [-0.1, -0.05) is 6.92 Å². The summed E-state index contributed by atoms with van der Waals surface area (Å²) >= 11 is 1.65. The summed E-state index contributed by atoms with van der Waals surface area (Å²) in [4.78, 5) is 15.2. The topological polar surface area (TPSA) is 52.3 Å². The Bertz CT molecular complexity index is 324. The molecule has 1 atom stereocenters. The highest BCUT2D eigenvalue weighted by molar-refractivity contribution is 7.98. The molecule has 1 rings (SSSR count). The van der Waals surface area contributed by atoms with Crippen LogP contribution >= 0.6 is 11.8 Å². The van der Waals surface area contributed by atoms with Crippen LogP contribution in [0, 0.1) is 12.8 Å². The van der Waals surface area contributed by atoms with E-state index < -0.39 is 0 Å². The second kappa shape index (κ2) is 5.80. The zero-order valence-corrected chi connectivity index (χ0v) is 9.97. The minimum absolute atomic E-state index is 0.0767. The van der Waals surface area contributed by atoms with Crippen molar-refractivity contribution in [1.29, 1.82) is 0 Å². The average Bonchev–Trinajstić information content (AvgIpc) is 2.63. The second-order valence-corrected chi connectivity index (χ2v) is 4.32. The summed E-state index contributed by atoms with van der Waals surface area (Å²) in [6.07, 6.45) is 1.44. The fourth-order valence-electron chi connectivity index (χ4n) is 1.07. The van der Waals surface area contributed by atoms with Gasteiger partial charge in [-0.25, -0.2) is 4.98 Å². The van der Waals surface area contributed by atoms with Crippen molar-refractivity contribution in [2.24, 2.45) is 5.92 Å². The fraction of sp³-hybridized carbons (Fsp3) is 0.600. The summed E-state index contributed by atoms with van der Waals surface area (Å²) in [5.74, 6) is 2.10. The van der Waals surface area contributed by atoms with Crippen LogP contribution in [0.25, 0.3) is 0 Å². The third kappa shape index (κ3) is 3.58. The molecule has 1 aromatic rings. The fourth-order valence-corrected chi connectivity index (χ4v) is 2.15. The van der Waals surface area contributed by atoms with Gasteiger partial charge >= 0.3 is 5.97 Å². The third-order valence-corrected chi connectivity index (χ3v) is 3.27. The predicted octanol–water partition coefficient (Wildman–Crippen LogP) is 2.03. The van der Waals surface area contributed by atoms with E-state index >= 15 is 0 Å². The number of hydrogen-bond acceptors (Lipinski definition) is 5. The highest BCUT2D eigenvalue weighted by Gasteiger charge is 2.13. The Morgan fingerprint density at radius 1 is 1.73 bits per heavy atom. The lowest BCUT2D eigenvalue weighted by Crippen LogP contribution is -2.14. The average molecular weight is 229 g/mol. The highest BCUT2D eigenvalue weighted by atomic mass is 32.2. The Labute approximate surface area is 93.4 Å². The highest BCUT2D eigenvalue weighted by Crippen LogP contribution is 2.17. The van der Waals surface area contributed by atoms with Crippen molar-refractivity contribution in [2.45, 2.75) is 19.6 Å². The lowest BCUT2D eigenvalue weighted by molar-refractivity contribution is -0.143. The van der Waals surface area contributed by atoms with Gasteiger partial charge in [-0.2, -0.15) is 11.8 Å². The zero-order chi connectivity index (χ0) is 11.3. The van der Waals surface area contributed by atoms with Gasteiger partial charge in [-0.3, -0.25) is 4.79 Å². The molecule has 1 unspecified atom stereocenters. The van der Waals surface area contributed by atoms with E-state index in [1.165, 1.54) is 13.5 Å². The van der Waals surface area contributed by atoms with Crippen LogP contribution in [-0.4, -0.2) is 23.8 Å². The van der Waals surface area contributed by atoms with Gasteiger partial charge < -0.3 is 9.15 Å². The van der Waals surface area contributed by atoms with Crippen LogP contribution in [-0.2, 0) is 15.3 Å². The van der Waals surface area contributed by atoms with Gasteiger partial charge in [0.25, 0.3) is 0 Å².